The van der Waals surface area contributed by atoms with Crippen LogP contribution in [0.15, 0.2) is 54.6 Å². The summed E-state index contributed by atoms with van der Waals surface area (Å²) in [5.41, 5.74) is 3.99. The minimum atomic E-state index is -0.842. The lowest BCUT2D eigenvalue weighted by molar-refractivity contribution is 0.203. The maximum atomic E-state index is 13.8. The van der Waals surface area contributed by atoms with E-state index in [4.69, 9.17) is 21.1 Å². The minimum absolute atomic E-state index is 0.111. The standard InChI is InChI=1S/C24H22ClF2NO2/c1-29-22-12-16-8-9-28(14-15-6-7-20(26)21(27)10-15)24(19(16)13-23(22)30-2)17-4-3-5-18(25)11-17/h3-7,10-13,24H,8-9,14H2,1-2H3/t24-/m0/s1. The molecule has 1 atom stereocenters. The van der Waals surface area contributed by atoms with Crippen LogP contribution in [-0.2, 0) is 13.0 Å². The number of benzene rings is 3. The number of halogens is 3. The van der Waals surface area contributed by atoms with E-state index in [1.165, 1.54) is 17.7 Å². The van der Waals surface area contributed by atoms with Gasteiger partial charge in [-0.1, -0.05) is 29.8 Å². The molecule has 0 spiro atoms. The average Bonchev–Trinajstić information content (AvgIpc) is 2.75. The summed E-state index contributed by atoms with van der Waals surface area (Å²) >= 11 is 6.29. The topological polar surface area (TPSA) is 21.7 Å². The van der Waals surface area contributed by atoms with Gasteiger partial charge in [0.1, 0.15) is 0 Å². The number of fused-ring (bicyclic) bond motifs is 1. The lowest BCUT2D eigenvalue weighted by Crippen LogP contribution is -2.35. The first kappa shape index (κ1) is 20.6. The van der Waals surface area contributed by atoms with E-state index in [1.54, 1.807) is 20.3 Å². The molecule has 0 fully saturated rings. The Morgan fingerprint density at radius 2 is 1.73 bits per heavy atom. The van der Waals surface area contributed by atoms with E-state index in [-0.39, 0.29) is 6.04 Å². The maximum absolute atomic E-state index is 13.8. The van der Waals surface area contributed by atoms with Gasteiger partial charge in [-0.15, -0.1) is 0 Å². The third kappa shape index (κ3) is 4.00. The van der Waals surface area contributed by atoms with Crippen LogP contribution in [0.4, 0.5) is 8.78 Å². The number of ether oxygens (including phenoxy) is 2. The van der Waals surface area contributed by atoms with E-state index < -0.39 is 11.6 Å². The summed E-state index contributed by atoms with van der Waals surface area (Å²) in [5.74, 6) is -0.338. The van der Waals surface area contributed by atoms with Crippen LogP contribution >= 0.6 is 11.6 Å². The second kappa shape index (κ2) is 8.62. The van der Waals surface area contributed by atoms with Crippen molar-refractivity contribution < 1.29 is 18.3 Å². The second-order valence-electron chi connectivity index (χ2n) is 7.33. The summed E-state index contributed by atoms with van der Waals surface area (Å²) in [6.45, 7) is 1.22. The first-order valence-corrected chi connectivity index (χ1v) is 10.1. The van der Waals surface area contributed by atoms with Gasteiger partial charge in [0.2, 0.25) is 0 Å². The van der Waals surface area contributed by atoms with Crippen molar-refractivity contribution in [3.63, 3.8) is 0 Å². The molecule has 0 aliphatic carbocycles. The van der Waals surface area contributed by atoms with Crippen molar-refractivity contribution in [3.05, 3.63) is 93.5 Å². The normalized spacial score (nSPS) is 16.2. The van der Waals surface area contributed by atoms with Gasteiger partial charge >= 0.3 is 0 Å². The maximum Gasteiger partial charge on any atom is 0.161 e. The lowest BCUT2D eigenvalue weighted by Gasteiger charge is -2.38. The summed E-state index contributed by atoms with van der Waals surface area (Å²) < 4.78 is 38.2. The molecule has 156 valence electrons. The molecule has 1 heterocycles. The van der Waals surface area contributed by atoms with Gasteiger partial charge in [-0.05, 0) is 65.1 Å². The van der Waals surface area contributed by atoms with Crippen molar-refractivity contribution in [1.29, 1.82) is 0 Å². The van der Waals surface area contributed by atoms with Gasteiger partial charge in [-0.2, -0.15) is 0 Å². The van der Waals surface area contributed by atoms with Gasteiger partial charge in [-0.3, -0.25) is 4.90 Å². The van der Waals surface area contributed by atoms with Gasteiger partial charge in [0.25, 0.3) is 0 Å². The van der Waals surface area contributed by atoms with Gasteiger partial charge in [0.05, 0.1) is 20.3 Å². The fraction of sp³-hybridized carbons (Fsp3) is 0.250. The highest BCUT2D eigenvalue weighted by atomic mass is 35.5. The zero-order valence-electron chi connectivity index (χ0n) is 16.8. The monoisotopic (exact) mass is 429 g/mol. The summed E-state index contributed by atoms with van der Waals surface area (Å²) in [4.78, 5) is 2.24. The van der Waals surface area contributed by atoms with E-state index in [9.17, 15) is 8.78 Å². The van der Waals surface area contributed by atoms with Crippen LogP contribution in [0, 0.1) is 11.6 Å². The van der Waals surface area contributed by atoms with Crippen molar-refractivity contribution in [2.75, 3.05) is 20.8 Å². The number of hydrogen-bond acceptors (Lipinski definition) is 3. The molecule has 0 saturated carbocycles. The van der Waals surface area contributed by atoms with Gasteiger partial charge in [0, 0.05) is 18.1 Å². The molecule has 1 aliphatic heterocycles. The Morgan fingerprint density at radius 3 is 2.43 bits per heavy atom. The molecule has 3 aromatic rings. The van der Waals surface area contributed by atoms with Crippen molar-refractivity contribution in [2.45, 2.75) is 19.0 Å². The molecule has 0 radical (unpaired) electrons. The largest absolute Gasteiger partial charge is 0.493 e. The zero-order chi connectivity index (χ0) is 21.3. The van der Waals surface area contributed by atoms with Crippen molar-refractivity contribution in [3.8, 4) is 11.5 Å². The second-order valence-corrected chi connectivity index (χ2v) is 7.77. The predicted molar refractivity (Wildman–Crippen MR) is 113 cm³/mol. The highest BCUT2D eigenvalue weighted by molar-refractivity contribution is 6.30. The SMILES string of the molecule is COc1cc2c(cc1OC)[C@H](c1cccc(Cl)c1)N(Cc1ccc(F)c(F)c1)CC2. The van der Waals surface area contributed by atoms with Crippen LogP contribution in [0.25, 0.3) is 0 Å². The van der Waals surface area contributed by atoms with E-state index in [0.717, 1.165) is 24.1 Å². The Bertz CT molecular complexity index is 1070. The van der Waals surface area contributed by atoms with Gasteiger partial charge < -0.3 is 9.47 Å². The van der Waals surface area contributed by atoms with E-state index in [1.807, 2.05) is 36.4 Å². The van der Waals surface area contributed by atoms with Crippen molar-refractivity contribution >= 4 is 11.6 Å². The van der Waals surface area contributed by atoms with E-state index in [2.05, 4.69) is 4.90 Å². The summed E-state index contributed by atoms with van der Waals surface area (Å²) in [5, 5.41) is 0.646. The number of hydrogen-bond donors (Lipinski definition) is 0. The van der Waals surface area contributed by atoms with Gasteiger partial charge in [0.15, 0.2) is 23.1 Å². The molecule has 0 unspecified atom stereocenters. The third-order valence-corrected chi connectivity index (χ3v) is 5.74. The number of rotatable bonds is 5. The molecule has 4 rings (SSSR count). The molecule has 0 amide bonds. The lowest BCUT2D eigenvalue weighted by atomic mass is 9.87. The molecule has 3 aromatic carbocycles. The molecule has 3 nitrogen and oxygen atoms in total. The molecule has 0 bridgehead atoms. The van der Waals surface area contributed by atoms with Crippen LogP contribution < -0.4 is 9.47 Å². The Kier molecular flexibility index (Phi) is 5.93. The van der Waals surface area contributed by atoms with E-state index >= 15 is 0 Å². The molecule has 0 saturated heterocycles. The quantitative estimate of drug-likeness (QED) is 0.513. The van der Waals surface area contributed by atoms with Crippen molar-refractivity contribution in [2.24, 2.45) is 0 Å². The molecular weight excluding hydrogens is 408 g/mol. The first-order valence-electron chi connectivity index (χ1n) is 9.68. The van der Waals surface area contributed by atoms with Crippen LogP contribution in [0.1, 0.15) is 28.3 Å². The van der Waals surface area contributed by atoms with Crippen LogP contribution in [0.2, 0.25) is 5.02 Å². The molecule has 0 aromatic heterocycles. The molecule has 6 heteroatoms. The summed E-state index contributed by atoms with van der Waals surface area (Å²) in [6.07, 6.45) is 0.802. The van der Waals surface area contributed by atoms with Crippen LogP contribution in [0.3, 0.4) is 0 Å². The Labute approximate surface area is 179 Å². The van der Waals surface area contributed by atoms with Crippen molar-refractivity contribution in [1.82, 2.24) is 4.90 Å². The first-order chi connectivity index (χ1) is 14.5. The fourth-order valence-corrected chi connectivity index (χ4v) is 4.31. The summed E-state index contributed by atoms with van der Waals surface area (Å²) in [6, 6.07) is 15.7. The predicted octanol–water partition coefficient (Wildman–Crippen LogP) is 5.78. The molecule has 0 N–H and O–H groups in total. The smallest absolute Gasteiger partial charge is 0.161 e. The minimum Gasteiger partial charge on any atom is -0.493 e. The molecule has 1 aliphatic rings. The summed E-state index contributed by atoms with van der Waals surface area (Å²) in [7, 11) is 3.23. The highest BCUT2D eigenvalue weighted by Gasteiger charge is 2.30. The average molecular weight is 430 g/mol. The number of nitrogens with zero attached hydrogens (tertiary/aromatic N) is 1. The highest BCUT2D eigenvalue weighted by Crippen LogP contribution is 2.42. The Hall–Kier alpha value is -2.63. The fourth-order valence-electron chi connectivity index (χ4n) is 4.11. The number of methoxy groups -OCH3 is 2. The molecule has 30 heavy (non-hydrogen) atoms. The van der Waals surface area contributed by atoms with E-state index in [0.29, 0.717) is 28.6 Å². The Balaban J connectivity index is 1.80. The Morgan fingerprint density at radius 1 is 0.967 bits per heavy atom. The van der Waals surface area contributed by atoms with Crippen LogP contribution in [-0.4, -0.2) is 25.7 Å². The zero-order valence-corrected chi connectivity index (χ0v) is 17.5. The van der Waals surface area contributed by atoms with Gasteiger partial charge in [-0.25, -0.2) is 8.78 Å². The third-order valence-electron chi connectivity index (χ3n) is 5.51. The molecular formula is C24H22ClF2NO2. The van der Waals surface area contributed by atoms with Crippen LogP contribution in [0.5, 0.6) is 11.5 Å².